The number of hydrogen-bond donors (Lipinski definition) is 3. The lowest BCUT2D eigenvalue weighted by atomic mass is 10.2. The van der Waals surface area contributed by atoms with Crippen molar-refractivity contribution in [1.82, 2.24) is 4.98 Å². The minimum absolute atomic E-state index is 0.0903. The van der Waals surface area contributed by atoms with Crippen LogP contribution in [0, 0.1) is 6.92 Å². The quantitative estimate of drug-likeness (QED) is 0.193. The van der Waals surface area contributed by atoms with Gasteiger partial charge in [0.1, 0.15) is 5.75 Å². The molecule has 4 rings (SSSR count). The lowest BCUT2D eigenvalue weighted by Gasteiger charge is -2.14. The molecule has 3 N–H and O–H groups in total. The molecular formula is C25H24N4O2S3. The van der Waals surface area contributed by atoms with Crippen LogP contribution in [0.5, 0.6) is 5.75 Å². The zero-order chi connectivity index (χ0) is 24.1. The number of para-hydroxylation sites is 2. The minimum atomic E-state index is -0.303. The molecule has 6 nitrogen and oxygen atoms in total. The Labute approximate surface area is 212 Å². The Balaban J connectivity index is 1.36. The fourth-order valence-corrected chi connectivity index (χ4v) is 5.35. The summed E-state index contributed by atoms with van der Waals surface area (Å²) >= 11 is 8.41. The maximum Gasteiger partial charge on any atom is 0.239 e. The number of thioether (sulfide) groups is 1. The molecule has 1 amide bonds. The van der Waals surface area contributed by atoms with Crippen molar-refractivity contribution in [2.75, 3.05) is 23.1 Å². The first-order chi connectivity index (χ1) is 16.4. The van der Waals surface area contributed by atoms with E-state index < -0.39 is 0 Å². The van der Waals surface area contributed by atoms with Crippen LogP contribution in [-0.4, -0.2) is 28.4 Å². The van der Waals surface area contributed by atoms with Crippen molar-refractivity contribution < 1.29 is 9.53 Å². The van der Waals surface area contributed by atoms with Crippen molar-refractivity contribution in [2.45, 2.75) is 24.0 Å². The van der Waals surface area contributed by atoms with Gasteiger partial charge in [0.15, 0.2) is 10.2 Å². The smallest absolute Gasteiger partial charge is 0.239 e. The van der Waals surface area contributed by atoms with E-state index in [1.807, 2.05) is 74.5 Å². The van der Waals surface area contributed by atoms with E-state index in [0.717, 1.165) is 26.5 Å². The van der Waals surface area contributed by atoms with Gasteiger partial charge in [-0.2, -0.15) is 0 Å². The minimum Gasteiger partial charge on any atom is -0.495 e. The third-order valence-electron chi connectivity index (χ3n) is 4.90. The summed E-state index contributed by atoms with van der Waals surface area (Å²) in [5, 5.41) is 10.0. The SMILES string of the molecule is COc1ccccc1NC(=S)Nc1cccc(SC(C)C(=O)Nc2nc3ccc(C)cc3s2)c1. The third-order valence-corrected chi connectivity index (χ3v) is 7.13. The summed E-state index contributed by atoms with van der Waals surface area (Å²) in [4.78, 5) is 18.2. The van der Waals surface area contributed by atoms with Crippen LogP contribution in [0.2, 0.25) is 0 Å². The van der Waals surface area contributed by atoms with Crippen molar-refractivity contribution in [2.24, 2.45) is 0 Å². The van der Waals surface area contributed by atoms with Crippen molar-refractivity contribution in [3.8, 4) is 5.75 Å². The summed E-state index contributed by atoms with van der Waals surface area (Å²) in [7, 11) is 1.62. The number of aromatic nitrogens is 1. The van der Waals surface area contributed by atoms with E-state index >= 15 is 0 Å². The van der Waals surface area contributed by atoms with E-state index in [-0.39, 0.29) is 11.2 Å². The van der Waals surface area contributed by atoms with E-state index in [0.29, 0.717) is 16.0 Å². The number of thiocarbonyl (C=S) groups is 1. The highest BCUT2D eigenvalue weighted by Crippen LogP contribution is 2.30. The fraction of sp³-hybridized carbons (Fsp3) is 0.160. The molecule has 0 radical (unpaired) electrons. The largest absolute Gasteiger partial charge is 0.495 e. The molecule has 0 spiro atoms. The molecule has 1 atom stereocenters. The summed E-state index contributed by atoms with van der Waals surface area (Å²) in [6, 6.07) is 21.4. The summed E-state index contributed by atoms with van der Waals surface area (Å²) < 4.78 is 6.41. The number of nitrogens with one attached hydrogen (secondary N) is 3. The van der Waals surface area contributed by atoms with Crippen molar-refractivity contribution in [3.63, 3.8) is 0 Å². The van der Waals surface area contributed by atoms with Gasteiger partial charge in [0, 0.05) is 10.6 Å². The molecule has 4 aromatic rings. The van der Waals surface area contributed by atoms with Gasteiger partial charge in [0.25, 0.3) is 0 Å². The van der Waals surface area contributed by atoms with Gasteiger partial charge in [-0.25, -0.2) is 4.98 Å². The van der Waals surface area contributed by atoms with E-state index in [1.165, 1.54) is 28.7 Å². The summed E-state index contributed by atoms with van der Waals surface area (Å²) in [5.74, 6) is 0.617. The molecule has 0 fully saturated rings. The number of thiazole rings is 1. The number of ether oxygens (including phenoxy) is 1. The predicted molar refractivity (Wildman–Crippen MR) is 148 cm³/mol. The number of rotatable bonds is 7. The second-order valence-electron chi connectivity index (χ2n) is 7.55. The van der Waals surface area contributed by atoms with Crippen LogP contribution in [0.4, 0.5) is 16.5 Å². The van der Waals surface area contributed by atoms with Crippen molar-refractivity contribution in [1.29, 1.82) is 0 Å². The van der Waals surface area contributed by atoms with Gasteiger partial charge < -0.3 is 20.7 Å². The molecule has 1 unspecified atom stereocenters. The number of aryl methyl sites for hydroxylation is 1. The number of benzene rings is 3. The van der Waals surface area contributed by atoms with Crippen molar-refractivity contribution >= 4 is 73.1 Å². The monoisotopic (exact) mass is 508 g/mol. The molecule has 0 aliphatic rings. The molecule has 9 heteroatoms. The number of carbonyl (C=O) groups excluding carboxylic acids is 1. The molecule has 1 heterocycles. The second kappa shape index (κ2) is 10.9. The molecule has 1 aromatic heterocycles. The van der Waals surface area contributed by atoms with Crippen LogP contribution in [0.3, 0.4) is 0 Å². The highest BCUT2D eigenvalue weighted by Gasteiger charge is 2.17. The third kappa shape index (κ3) is 6.05. The van der Waals surface area contributed by atoms with E-state index in [1.54, 1.807) is 7.11 Å². The van der Waals surface area contributed by atoms with Gasteiger partial charge in [-0.3, -0.25) is 4.79 Å². The van der Waals surface area contributed by atoms with Gasteiger partial charge in [-0.05, 0) is 74.1 Å². The molecule has 0 saturated carbocycles. The molecule has 3 aromatic carbocycles. The van der Waals surface area contributed by atoms with Crippen LogP contribution in [0.25, 0.3) is 10.2 Å². The zero-order valence-electron chi connectivity index (χ0n) is 18.9. The average molecular weight is 509 g/mol. The summed E-state index contributed by atoms with van der Waals surface area (Å²) in [6.45, 7) is 3.92. The Hall–Kier alpha value is -3.14. The first-order valence-corrected chi connectivity index (χ1v) is 12.7. The topological polar surface area (TPSA) is 75.3 Å². The van der Waals surface area contributed by atoms with Crippen LogP contribution in [0.15, 0.2) is 71.6 Å². The Morgan fingerprint density at radius 3 is 2.71 bits per heavy atom. The number of methoxy groups -OCH3 is 1. The van der Waals surface area contributed by atoms with Crippen LogP contribution >= 0.6 is 35.3 Å². The number of fused-ring (bicyclic) bond motifs is 1. The van der Waals surface area contributed by atoms with Gasteiger partial charge in [-0.15, -0.1) is 11.8 Å². The van der Waals surface area contributed by atoms with Crippen molar-refractivity contribution in [3.05, 3.63) is 72.3 Å². The van der Waals surface area contributed by atoms with Gasteiger partial charge in [-0.1, -0.05) is 35.6 Å². The fourth-order valence-electron chi connectivity index (χ4n) is 3.23. The van der Waals surface area contributed by atoms with Crippen LogP contribution in [0.1, 0.15) is 12.5 Å². The Kier molecular flexibility index (Phi) is 7.66. The lowest BCUT2D eigenvalue weighted by Crippen LogP contribution is -2.22. The predicted octanol–water partition coefficient (Wildman–Crippen LogP) is 6.54. The van der Waals surface area contributed by atoms with E-state index in [2.05, 4.69) is 27.0 Å². The van der Waals surface area contributed by atoms with Gasteiger partial charge in [0.2, 0.25) is 5.91 Å². The molecule has 174 valence electrons. The highest BCUT2D eigenvalue weighted by molar-refractivity contribution is 8.00. The van der Waals surface area contributed by atoms with E-state index in [4.69, 9.17) is 17.0 Å². The molecule has 0 aliphatic heterocycles. The number of anilines is 3. The highest BCUT2D eigenvalue weighted by atomic mass is 32.2. The van der Waals surface area contributed by atoms with Crippen LogP contribution < -0.4 is 20.7 Å². The number of hydrogen-bond acceptors (Lipinski definition) is 6. The van der Waals surface area contributed by atoms with Gasteiger partial charge in [0.05, 0.1) is 28.3 Å². The zero-order valence-corrected chi connectivity index (χ0v) is 21.4. The molecule has 0 saturated heterocycles. The molecule has 0 aliphatic carbocycles. The van der Waals surface area contributed by atoms with E-state index in [9.17, 15) is 4.79 Å². The van der Waals surface area contributed by atoms with Crippen LogP contribution in [-0.2, 0) is 4.79 Å². The Bertz CT molecular complexity index is 1340. The number of nitrogens with zero attached hydrogens (tertiary/aromatic N) is 1. The summed E-state index contributed by atoms with van der Waals surface area (Å²) in [6.07, 6.45) is 0. The Morgan fingerprint density at radius 2 is 1.88 bits per heavy atom. The molecule has 34 heavy (non-hydrogen) atoms. The normalized spacial score (nSPS) is 11.6. The summed E-state index contributed by atoms with van der Waals surface area (Å²) in [5.41, 5.74) is 3.67. The molecular weight excluding hydrogens is 485 g/mol. The Morgan fingerprint density at radius 1 is 1.06 bits per heavy atom. The average Bonchev–Trinajstić information content (AvgIpc) is 3.20. The second-order valence-corrected chi connectivity index (χ2v) is 10.4. The maximum atomic E-state index is 12.8. The first kappa shape index (κ1) is 24.0. The lowest BCUT2D eigenvalue weighted by molar-refractivity contribution is -0.115. The molecule has 0 bridgehead atoms. The number of amides is 1. The maximum absolute atomic E-state index is 12.8. The standard InChI is InChI=1S/C25H24N4O2S3/c1-15-11-12-20-22(13-15)34-25(28-20)29-23(30)16(2)33-18-8-6-7-17(14-18)26-24(32)27-19-9-4-5-10-21(19)31-3/h4-14,16H,1-3H3,(H2,26,27,32)(H,28,29,30). The van der Waals surface area contributed by atoms with Gasteiger partial charge >= 0.3 is 0 Å². The number of carbonyl (C=O) groups is 1. The first-order valence-electron chi connectivity index (χ1n) is 10.6.